The predicted molar refractivity (Wildman–Crippen MR) is 477 cm³/mol. The van der Waals surface area contributed by atoms with Gasteiger partial charge in [0.1, 0.15) is 92.6 Å². The summed E-state index contributed by atoms with van der Waals surface area (Å²) in [5.74, 6) is -2.27. The van der Waals surface area contributed by atoms with Crippen molar-refractivity contribution in [3.8, 4) is 0 Å². The summed E-state index contributed by atoms with van der Waals surface area (Å²) >= 11 is 0. The minimum absolute atomic E-state index is 0.0200. The maximum atomic E-state index is 15.0. The number of unbranched alkanes of at least 4 members (excludes halogenated alkanes) is 54. The second-order valence-corrected chi connectivity index (χ2v) is 37.7. The summed E-state index contributed by atoms with van der Waals surface area (Å²) in [7, 11) is -5.81. The predicted octanol–water partition coefficient (Wildman–Crippen LogP) is 19.6. The van der Waals surface area contributed by atoms with E-state index in [2.05, 4.69) is 34.6 Å². The molecule has 2 saturated heterocycles. The van der Waals surface area contributed by atoms with Gasteiger partial charge in [-0.3, -0.25) is 28.2 Å². The number of phosphoric ester groups is 1. The smallest absolute Gasteiger partial charge is 0.463 e. The number of phosphoric acid groups is 1. The molecule has 1 saturated carbocycles. The molecule has 122 heavy (non-hydrogen) atoms. The van der Waals surface area contributed by atoms with E-state index < -0.39 is 162 Å². The summed E-state index contributed by atoms with van der Waals surface area (Å²) in [5.41, 5.74) is 0. The van der Waals surface area contributed by atoms with E-state index in [1.807, 2.05) is 0 Å². The normalized spacial score (nSPS) is 24.7. The van der Waals surface area contributed by atoms with Crippen molar-refractivity contribution in [3.63, 3.8) is 0 Å². The van der Waals surface area contributed by atoms with E-state index >= 15 is 0 Å². The van der Waals surface area contributed by atoms with Crippen LogP contribution in [0.15, 0.2) is 0 Å². The molecule has 0 amide bonds. The lowest BCUT2D eigenvalue weighted by Gasteiger charge is -2.50. The van der Waals surface area contributed by atoms with Crippen LogP contribution in [0.5, 0.6) is 0 Å². The molecule has 0 aromatic carbocycles. The fourth-order valence-corrected chi connectivity index (χ4v) is 17.9. The lowest BCUT2D eigenvalue weighted by Crippen LogP contribution is -2.70. The zero-order valence-electron chi connectivity index (χ0n) is 77.2. The standard InChI is InChI=1S/C96H181O25P/c1-6-10-14-18-22-25-28-31-34-37-40-42-45-48-55-61-67-79(98)112-72-76(115-81(100)69-63-58-52-51-54-60-66-75(5)65-59-53-21-17-13-9-4)73-114-122(110,111)121-94-92(119-95-89(108)85(104)83(102)77(71-97)116-95)88(107)87(106)91(118-82(101)70-64-57-50-47-44-41-38-35-32-29-26-23-19-15-11-7-2)93(94)120-96-90(109)86(105)84(103)78(117-96)74-113-80(99)68-62-56-49-46-43-39-36-33-30-27-24-20-16-12-8-3/h75-78,83-97,102-109H,6-74H2,1-5H3,(H,110,111). The van der Waals surface area contributed by atoms with Crippen LogP contribution in [-0.4, -0.2) is 205 Å². The molecule has 2 heterocycles. The number of carbonyl (C=O) groups is 4. The highest BCUT2D eigenvalue weighted by Gasteiger charge is 2.60. The molecule has 0 bridgehead atoms. The number of hydrogen-bond donors (Lipinski definition) is 10. The van der Waals surface area contributed by atoms with Gasteiger partial charge in [-0.1, -0.05) is 401 Å². The monoisotopic (exact) mass is 1770 g/mol. The Balaban J connectivity index is 1.90. The number of hydrogen-bond acceptors (Lipinski definition) is 24. The van der Waals surface area contributed by atoms with E-state index in [1.165, 1.54) is 231 Å². The zero-order valence-corrected chi connectivity index (χ0v) is 78.1. The van der Waals surface area contributed by atoms with Gasteiger partial charge in [0.2, 0.25) is 0 Å². The van der Waals surface area contributed by atoms with E-state index in [0.717, 1.165) is 128 Å². The van der Waals surface area contributed by atoms with Crippen molar-refractivity contribution in [1.82, 2.24) is 0 Å². The van der Waals surface area contributed by atoms with Gasteiger partial charge in [-0.2, -0.15) is 0 Å². The number of aliphatic hydroxyl groups is 9. The quantitative estimate of drug-likeness (QED) is 0.0117. The first kappa shape index (κ1) is 114. The van der Waals surface area contributed by atoms with Crippen molar-refractivity contribution in [3.05, 3.63) is 0 Å². The maximum Gasteiger partial charge on any atom is 0.472 e. The Morgan fingerprint density at radius 1 is 0.320 bits per heavy atom. The Morgan fingerprint density at radius 3 is 0.975 bits per heavy atom. The Labute approximate surface area is 738 Å². The van der Waals surface area contributed by atoms with E-state index in [0.29, 0.717) is 38.0 Å². The molecule has 720 valence electrons. The molecule has 2 aliphatic heterocycles. The van der Waals surface area contributed by atoms with Crippen LogP contribution in [0.3, 0.4) is 0 Å². The van der Waals surface area contributed by atoms with Crippen molar-refractivity contribution < 1.29 is 122 Å². The third-order valence-corrected chi connectivity index (χ3v) is 26.0. The van der Waals surface area contributed by atoms with E-state index in [9.17, 15) is 74.6 Å². The highest BCUT2D eigenvalue weighted by Crippen LogP contribution is 2.49. The first-order valence-electron chi connectivity index (χ1n) is 50.2. The SMILES string of the molecule is CCCCCCCCCCCCCCCCCCC(=O)OCC(COP(=O)(O)OC1C(OC2OC(CO)C(O)C(O)C2O)C(O)C(O)C(OC(=O)CCCCCCCCCCCCCCCCCC)C1OC1OC(COC(=O)CCCCCCCCCCCCCCCCC)C(O)C(O)C1O)OC(=O)CCCCCCCCC(C)CCCCCCCC. The summed E-state index contributed by atoms with van der Waals surface area (Å²) in [4.78, 5) is 66.7. The van der Waals surface area contributed by atoms with Gasteiger partial charge in [0.25, 0.3) is 0 Å². The highest BCUT2D eigenvalue weighted by atomic mass is 31.2. The number of aliphatic hydroxyl groups excluding tert-OH is 9. The molecule has 0 aromatic rings. The first-order valence-corrected chi connectivity index (χ1v) is 51.7. The first-order chi connectivity index (χ1) is 59.1. The van der Waals surface area contributed by atoms with E-state index in [4.69, 9.17) is 46.9 Å². The average molecular weight is 1770 g/mol. The molecule has 3 fully saturated rings. The second-order valence-electron chi connectivity index (χ2n) is 36.3. The fraction of sp³-hybridized carbons (Fsp3) is 0.958. The summed E-state index contributed by atoms with van der Waals surface area (Å²) in [5, 5.41) is 103. The summed E-state index contributed by atoms with van der Waals surface area (Å²) in [6.45, 7) is 8.00. The third-order valence-electron chi connectivity index (χ3n) is 25.0. The second kappa shape index (κ2) is 74.2. The average Bonchev–Trinajstić information content (AvgIpc) is 0.753. The Bertz CT molecular complexity index is 2540. The molecule has 1 aliphatic carbocycles. The van der Waals surface area contributed by atoms with Crippen molar-refractivity contribution in [1.29, 1.82) is 0 Å². The van der Waals surface area contributed by atoms with Gasteiger partial charge in [0, 0.05) is 25.7 Å². The van der Waals surface area contributed by atoms with Crippen molar-refractivity contribution in [2.45, 2.75) is 556 Å². The molecule has 25 nitrogen and oxygen atoms in total. The van der Waals surface area contributed by atoms with Gasteiger partial charge in [-0.05, 0) is 31.6 Å². The number of rotatable bonds is 82. The number of carbonyl (C=O) groups excluding carboxylic acids is 4. The third kappa shape index (κ3) is 53.6. The molecule has 0 aromatic heterocycles. The molecular formula is C96H181O25P. The summed E-state index contributed by atoms with van der Waals surface area (Å²) in [6.07, 6.45) is 32.0. The Morgan fingerprint density at radius 2 is 0.615 bits per heavy atom. The highest BCUT2D eigenvalue weighted by molar-refractivity contribution is 7.47. The van der Waals surface area contributed by atoms with Gasteiger partial charge in [0.15, 0.2) is 24.8 Å². The minimum atomic E-state index is -5.81. The molecule has 3 rings (SSSR count). The van der Waals surface area contributed by atoms with E-state index in [1.54, 1.807) is 0 Å². The maximum absolute atomic E-state index is 15.0. The van der Waals surface area contributed by atoms with Crippen LogP contribution in [-0.2, 0) is 70.7 Å². The van der Waals surface area contributed by atoms with Gasteiger partial charge in [-0.25, -0.2) is 4.57 Å². The van der Waals surface area contributed by atoms with Crippen LogP contribution in [0, 0.1) is 5.92 Å². The lowest BCUT2D eigenvalue weighted by molar-refractivity contribution is -0.360. The van der Waals surface area contributed by atoms with Gasteiger partial charge in [0.05, 0.1) is 13.2 Å². The fourth-order valence-electron chi connectivity index (χ4n) is 17.0. The largest absolute Gasteiger partial charge is 0.472 e. The molecule has 10 N–H and O–H groups in total. The van der Waals surface area contributed by atoms with Crippen LogP contribution in [0.25, 0.3) is 0 Å². The zero-order chi connectivity index (χ0) is 89.1. The Hall–Kier alpha value is -2.53. The molecule has 0 spiro atoms. The van der Waals surface area contributed by atoms with Crippen molar-refractivity contribution in [2.24, 2.45) is 5.92 Å². The molecule has 19 atom stereocenters. The van der Waals surface area contributed by atoms with Crippen LogP contribution in [0.1, 0.15) is 452 Å². The van der Waals surface area contributed by atoms with Crippen molar-refractivity contribution in [2.75, 3.05) is 26.4 Å². The molecule has 19 unspecified atom stereocenters. The number of ether oxygens (including phenoxy) is 8. The Kier molecular flexibility index (Phi) is 69.1. The van der Waals surface area contributed by atoms with Crippen LogP contribution in [0.2, 0.25) is 0 Å². The van der Waals surface area contributed by atoms with Crippen LogP contribution in [0.4, 0.5) is 0 Å². The van der Waals surface area contributed by atoms with Gasteiger partial charge in [-0.15, -0.1) is 0 Å². The van der Waals surface area contributed by atoms with E-state index in [-0.39, 0.29) is 25.7 Å². The summed E-state index contributed by atoms with van der Waals surface area (Å²) in [6, 6.07) is 0. The summed E-state index contributed by atoms with van der Waals surface area (Å²) < 4.78 is 73.7. The molecular weight excluding hydrogens is 1580 g/mol. The molecule has 26 heteroatoms. The van der Waals surface area contributed by atoms with Crippen LogP contribution < -0.4 is 0 Å². The lowest BCUT2D eigenvalue weighted by atomic mass is 9.84. The van der Waals surface area contributed by atoms with Gasteiger partial charge < -0.3 is 88.7 Å². The molecule has 0 radical (unpaired) electrons. The minimum Gasteiger partial charge on any atom is -0.463 e. The van der Waals surface area contributed by atoms with Crippen LogP contribution >= 0.6 is 7.82 Å². The van der Waals surface area contributed by atoms with Gasteiger partial charge >= 0.3 is 31.7 Å². The topological polar surface area (TPSA) is 380 Å². The van der Waals surface area contributed by atoms with Crippen molar-refractivity contribution >= 4 is 31.7 Å². The number of esters is 4. The molecule has 3 aliphatic rings.